The molecule has 6 nitrogen and oxygen atoms in total. The van der Waals surface area contributed by atoms with E-state index in [0.717, 1.165) is 35.4 Å². The molecule has 28 heavy (non-hydrogen) atoms. The van der Waals surface area contributed by atoms with E-state index >= 15 is 0 Å². The molecule has 0 unspecified atom stereocenters. The largest absolute Gasteiger partial charge is 0.351 e. The molecule has 4 rings (SSSR count). The van der Waals surface area contributed by atoms with Crippen molar-refractivity contribution in [1.82, 2.24) is 0 Å². The van der Waals surface area contributed by atoms with Crippen LogP contribution in [0, 0.1) is 35.8 Å². The molecule has 0 atom stereocenters. The highest BCUT2D eigenvalue weighted by Gasteiger charge is 2.47. The van der Waals surface area contributed by atoms with Crippen LogP contribution in [-0.4, -0.2) is 11.7 Å². The van der Waals surface area contributed by atoms with E-state index in [4.69, 9.17) is 23.7 Å². The zero-order chi connectivity index (χ0) is 19.7. The molecule has 0 radical (unpaired) electrons. The summed E-state index contributed by atoms with van der Waals surface area (Å²) in [7, 11) is 0. The van der Waals surface area contributed by atoms with Gasteiger partial charge in [0, 0.05) is 17.5 Å². The van der Waals surface area contributed by atoms with Crippen molar-refractivity contribution in [2.75, 3.05) is 0 Å². The minimum Gasteiger partial charge on any atom is -0.351 e. The fourth-order valence-corrected chi connectivity index (χ4v) is 6.53. The van der Waals surface area contributed by atoms with Gasteiger partial charge in [0.15, 0.2) is 0 Å². The van der Waals surface area contributed by atoms with E-state index in [2.05, 4.69) is 19.7 Å². The van der Waals surface area contributed by atoms with Crippen molar-refractivity contribution >= 4 is 44.3 Å². The molecule has 0 aliphatic heterocycles. The summed E-state index contributed by atoms with van der Waals surface area (Å²) in [6.45, 7) is 14.1. The van der Waals surface area contributed by atoms with Gasteiger partial charge in [-0.15, -0.1) is 0 Å². The highest BCUT2D eigenvalue weighted by Crippen LogP contribution is 2.62. The first-order valence-electron chi connectivity index (χ1n) is 8.66. The minimum absolute atomic E-state index is 0.0900. The predicted molar refractivity (Wildman–Crippen MR) is 110 cm³/mol. The van der Waals surface area contributed by atoms with Crippen molar-refractivity contribution < 1.29 is 0 Å². The monoisotopic (exact) mass is 400 g/mol. The molecule has 2 aromatic heterocycles. The van der Waals surface area contributed by atoms with E-state index < -0.39 is 0 Å². The molecule has 1 saturated carbocycles. The average molecular weight is 400 g/mol. The van der Waals surface area contributed by atoms with Crippen LogP contribution in [0.25, 0.3) is 19.4 Å². The molecule has 0 N–H and O–H groups in total. The molecular weight excluding hydrogens is 388 g/mol. The molecule has 2 heterocycles. The second-order valence-electron chi connectivity index (χ2n) is 6.62. The average Bonchev–Trinajstić information content (AvgIpc) is 3.39. The Morgan fingerprint density at radius 1 is 0.893 bits per heavy atom. The van der Waals surface area contributed by atoms with Crippen LogP contribution < -0.4 is 0 Å². The first-order valence-corrected chi connectivity index (χ1v) is 10.3. The quantitative estimate of drug-likeness (QED) is 0.353. The van der Waals surface area contributed by atoms with Crippen molar-refractivity contribution in [1.29, 1.82) is 10.5 Å². The molecule has 1 spiro atoms. The summed E-state index contributed by atoms with van der Waals surface area (Å²) >= 11 is 2.98. The second-order valence-corrected chi connectivity index (χ2v) is 8.68. The molecule has 2 aromatic rings. The number of hydrogen-bond acceptors (Lipinski definition) is 6. The summed E-state index contributed by atoms with van der Waals surface area (Å²) in [5.74, 6) is -0.324. The van der Waals surface area contributed by atoms with Crippen LogP contribution in [0.3, 0.4) is 0 Å². The lowest BCUT2D eigenvalue weighted by atomic mass is 9.68. The lowest BCUT2D eigenvalue weighted by molar-refractivity contribution is 0.353. The van der Waals surface area contributed by atoms with Crippen LogP contribution in [0.4, 0.5) is 10.0 Å². The van der Waals surface area contributed by atoms with Gasteiger partial charge < -0.3 is 9.69 Å². The van der Waals surface area contributed by atoms with E-state index in [1.807, 2.05) is 24.3 Å². The first kappa shape index (κ1) is 18.1. The van der Waals surface area contributed by atoms with Crippen molar-refractivity contribution in [3.8, 4) is 21.9 Å². The van der Waals surface area contributed by atoms with E-state index in [1.165, 1.54) is 40.2 Å². The standard InChI is InChI=1S/C20H12N6S2/c1-23-14(10-21)25-16-8-12-18(27-16)19-13(20(12)6-4-3-5-7-20)9-17(28-19)26-15(11-22)24-2/h8-9H,3-7H2/b25-14-,26-15+. The second kappa shape index (κ2) is 7.02. The third-order valence-corrected chi connectivity index (χ3v) is 7.45. The number of thiophene rings is 2. The number of fused-ring (bicyclic) bond motifs is 5. The van der Waals surface area contributed by atoms with Gasteiger partial charge in [0.25, 0.3) is 0 Å². The summed E-state index contributed by atoms with van der Waals surface area (Å²) in [5, 5.41) is 19.4. The van der Waals surface area contributed by atoms with Crippen LogP contribution in [0.2, 0.25) is 0 Å². The SMILES string of the molecule is [C-]#[N+]/C(C#N)=N\c1cc2c(s1)-c1sc(/N=C(\C#N)[N+]#[C-])cc1C21CCCCC1. The zero-order valence-electron chi connectivity index (χ0n) is 14.7. The third-order valence-electron chi connectivity index (χ3n) is 5.23. The van der Waals surface area contributed by atoms with Crippen molar-refractivity contribution in [3.63, 3.8) is 0 Å². The summed E-state index contributed by atoms with van der Waals surface area (Å²) < 4.78 is 0. The minimum atomic E-state index is -0.162. The number of rotatable bonds is 2. The Kier molecular flexibility index (Phi) is 4.54. The van der Waals surface area contributed by atoms with Gasteiger partial charge in [0.2, 0.25) is 10.0 Å². The Morgan fingerprint density at radius 2 is 1.36 bits per heavy atom. The van der Waals surface area contributed by atoms with Crippen LogP contribution >= 0.6 is 22.7 Å². The Bertz CT molecular complexity index is 1070. The van der Waals surface area contributed by atoms with Crippen LogP contribution in [0.1, 0.15) is 43.2 Å². The van der Waals surface area contributed by atoms with Crippen LogP contribution in [-0.2, 0) is 5.41 Å². The molecule has 0 bridgehead atoms. The van der Waals surface area contributed by atoms with Crippen molar-refractivity contribution in [2.24, 2.45) is 9.98 Å². The number of aliphatic imine (C=N–C) groups is 2. The molecule has 0 aromatic carbocycles. The summed E-state index contributed by atoms with van der Waals surface area (Å²) in [4.78, 5) is 17.0. The van der Waals surface area contributed by atoms with Gasteiger partial charge in [-0.05, 0) is 24.0 Å². The smallest absolute Gasteiger partial charge is 0.350 e. The normalized spacial score (nSPS) is 17.1. The maximum Gasteiger partial charge on any atom is 0.350 e. The number of nitriles is 2. The van der Waals surface area contributed by atoms with Gasteiger partial charge in [0.1, 0.15) is 12.1 Å². The van der Waals surface area contributed by atoms with Crippen LogP contribution in [0.15, 0.2) is 22.1 Å². The molecule has 8 heteroatoms. The van der Waals surface area contributed by atoms with Crippen molar-refractivity contribution in [2.45, 2.75) is 37.5 Å². The Balaban J connectivity index is 1.89. The molecule has 1 fully saturated rings. The Hall–Kier alpha value is -3.30. The Morgan fingerprint density at radius 3 is 1.75 bits per heavy atom. The van der Waals surface area contributed by atoms with E-state index in [-0.39, 0.29) is 17.1 Å². The highest BCUT2D eigenvalue weighted by molar-refractivity contribution is 7.26. The molecule has 2 aliphatic carbocycles. The maximum atomic E-state index is 9.02. The van der Waals surface area contributed by atoms with Gasteiger partial charge in [0.05, 0.1) is 9.75 Å². The number of nitrogens with zero attached hydrogens (tertiary/aromatic N) is 6. The van der Waals surface area contributed by atoms with E-state index in [9.17, 15) is 0 Å². The lowest BCUT2D eigenvalue weighted by Gasteiger charge is -2.34. The van der Waals surface area contributed by atoms with Gasteiger partial charge >= 0.3 is 11.7 Å². The lowest BCUT2D eigenvalue weighted by Crippen LogP contribution is -2.27. The summed E-state index contributed by atoms with van der Waals surface area (Å²) in [6.07, 6.45) is 5.56. The molecule has 134 valence electrons. The van der Waals surface area contributed by atoms with Gasteiger partial charge in [-0.3, -0.25) is 0 Å². The predicted octanol–water partition coefficient (Wildman–Crippen LogP) is 5.99. The molecular formula is C20H12N6S2. The summed E-state index contributed by atoms with van der Waals surface area (Å²) in [6, 6.07) is 7.71. The maximum absolute atomic E-state index is 9.02. The number of hydrogen-bond donors (Lipinski definition) is 0. The topological polar surface area (TPSA) is 81.0 Å². The zero-order valence-corrected chi connectivity index (χ0v) is 16.3. The fraction of sp³-hybridized carbons (Fsp3) is 0.300. The highest BCUT2D eigenvalue weighted by atomic mass is 32.1. The molecule has 0 saturated heterocycles. The first-order chi connectivity index (χ1) is 13.6. The van der Waals surface area contributed by atoms with Crippen LogP contribution in [0.5, 0.6) is 0 Å². The van der Waals surface area contributed by atoms with E-state index in [1.54, 1.807) is 0 Å². The fourth-order valence-electron chi connectivity index (χ4n) is 4.11. The third kappa shape index (κ3) is 2.72. The number of amidine groups is 2. The van der Waals surface area contributed by atoms with Gasteiger partial charge in [-0.2, -0.15) is 0 Å². The molecule has 0 amide bonds. The van der Waals surface area contributed by atoms with E-state index in [0.29, 0.717) is 10.0 Å². The van der Waals surface area contributed by atoms with Gasteiger partial charge in [-0.25, -0.2) is 10.5 Å². The summed E-state index contributed by atoms with van der Waals surface area (Å²) in [5.41, 5.74) is 2.38. The van der Waals surface area contributed by atoms with Gasteiger partial charge in [-0.1, -0.05) is 65.1 Å². The Labute approximate surface area is 170 Å². The molecule has 2 aliphatic rings. The van der Waals surface area contributed by atoms with Crippen molar-refractivity contribution in [3.05, 3.63) is 46.1 Å².